The summed E-state index contributed by atoms with van der Waals surface area (Å²) in [6.07, 6.45) is 4.35. The molecule has 0 amide bonds. The highest BCUT2D eigenvalue weighted by Gasteiger charge is 2.26. The number of carbonyl (C=O) groups is 1. The maximum atomic E-state index is 11.9. The molecule has 25 heavy (non-hydrogen) atoms. The second-order valence-electron chi connectivity index (χ2n) is 5.61. The number of hydrogen-bond donors (Lipinski definition) is 1. The van der Waals surface area contributed by atoms with E-state index in [1.54, 1.807) is 0 Å². The Hall–Kier alpha value is -0.740. The SMILES string of the molecule is CCCCCCC(OS(=O)(=O)O)C(=O)OCCOCCOCCCC. The Labute approximate surface area is 151 Å². The third-order valence-corrected chi connectivity index (χ3v) is 3.78. The molecule has 0 spiro atoms. The average molecular weight is 384 g/mol. The lowest BCUT2D eigenvalue weighted by Crippen LogP contribution is -2.30. The molecular weight excluding hydrogens is 352 g/mol. The number of carbonyl (C=O) groups excluding carboxylic acids is 1. The number of unbranched alkanes of at least 4 members (excludes halogenated alkanes) is 4. The highest BCUT2D eigenvalue weighted by molar-refractivity contribution is 7.80. The number of ether oxygens (including phenoxy) is 3. The predicted octanol–water partition coefficient (Wildman–Crippen LogP) is 2.52. The van der Waals surface area contributed by atoms with Crippen LogP contribution in [0.2, 0.25) is 0 Å². The number of esters is 1. The van der Waals surface area contributed by atoms with Gasteiger partial charge in [0.2, 0.25) is 0 Å². The lowest BCUT2D eigenvalue weighted by atomic mass is 10.1. The zero-order valence-corrected chi connectivity index (χ0v) is 16.1. The maximum absolute atomic E-state index is 11.9. The van der Waals surface area contributed by atoms with Crippen molar-refractivity contribution in [2.24, 2.45) is 0 Å². The van der Waals surface area contributed by atoms with E-state index in [0.29, 0.717) is 26.2 Å². The average Bonchev–Trinajstić information content (AvgIpc) is 2.55. The Kier molecular flexibility index (Phi) is 15.1. The van der Waals surface area contributed by atoms with Crippen molar-refractivity contribution in [3.8, 4) is 0 Å². The lowest BCUT2D eigenvalue weighted by Gasteiger charge is -2.14. The first-order valence-electron chi connectivity index (χ1n) is 8.88. The largest absolute Gasteiger partial charge is 0.461 e. The molecule has 0 rings (SSSR count). The number of rotatable bonds is 17. The molecule has 0 aromatic carbocycles. The van der Waals surface area contributed by atoms with E-state index in [4.69, 9.17) is 18.8 Å². The lowest BCUT2D eigenvalue weighted by molar-refractivity contribution is -0.154. The molecule has 0 radical (unpaired) electrons. The van der Waals surface area contributed by atoms with Crippen LogP contribution in [0.5, 0.6) is 0 Å². The van der Waals surface area contributed by atoms with E-state index in [1.807, 2.05) is 6.92 Å². The van der Waals surface area contributed by atoms with Gasteiger partial charge in [0, 0.05) is 6.61 Å². The van der Waals surface area contributed by atoms with E-state index in [0.717, 1.165) is 32.1 Å². The van der Waals surface area contributed by atoms with E-state index in [9.17, 15) is 13.2 Å². The summed E-state index contributed by atoms with van der Waals surface area (Å²) in [6, 6.07) is 0. The molecule has 150 valence electrons. The first-order chi connectivity index (χ1) is 11.9. The Balaban J connectivity index is 3.96. The smallest absolute Gasteiger partial charge is 0.398 e. The molecule has 0 aliphatic rings. The molecule has 0 aliphatic heterocycles. The fourth-order valence-electron chi connectivity index (χ4n) is 1.97. The minimum Gasteiger partial charge on any atom is -0.461 e. The van der Waals surface area contributed by atoms with Gasteiger partial charge in [-0.05, 0) is 12.8 Å². The Bertz CT molecular complexity index is 424. The van der Waals surface area contributed by atoms with Gasteiger partial charge in [0.05, 0.1) is 19.8 Å². The zero-order valence-electron chi connectivity index (χ0n) is 15.3. The topological polar surface area (TPSA) is 108 Å². The number of hydrogen-bond acceptors (Lipinski definition) is 7. The van der Waals surface area contributed by atoms with Crippen molar-refractivity contribution in [2.75, 3.05) is 33.0 Å². The summed E-state index contributed by atoms with van der Waals surface area (Å²) in [4.78, 5) is 11.9. The molecular formula is C16H32O8S. The minimum absolute atomic E-state index is 0.0198. The van der Waals surface area contributed by atoms with Gasteiger partial charge in [-0.15, -0.1) is 0 Å². The molecule has 1 atom stereocenters. The minimum atomic E-state index is -4.71. The monoisotopic (exact) mass is 384 g/mol. The molecule has 9 heteroatoms. The van der Waals surface area contributed by atoms with Crippen LogP contribution in [0.25, 0.3) is 0 Å². The summed E-state index contributed by atoms with van der Waals surface area (Å²) in [5, 5.41) is 0. The van der Waals surface area contributed by atoms with Crippen molar-refractivity contribution in [1.29, 1.82) is 0 Å². The van der Waals surface area contributed by atoms with Gasteiger partial charge in [-0.25, -0.2) is 8.98 Å². The second kappa shape index (κ2) is 15.5. The molecule has 0 fully saturated rings. The van der Waals surface area contributed by atoms with Crippen LogP contribution in [0.4, 0.5) is 0 Å². The second-order valence-corrected chi connectivity index (χ2v) is 6.66. The van der Waals surface area contributed by atoms with E-state index in [1.165, 1.54) is 0 Å². The summed E-state index contributed by atoms with van der Waals surface area (Å²) >= 11 is 0. The third-order valence-electron chi connectivity index (χ3n) is 3.31. The standard InChI is InChI=1S/C16H32O8S/c1-3-5-7-8-9-15(24-25(18,19)20)16(17)23-14-13-22-12-11-21-10-6-4-2/h15H,3-14H2,1-2H3,(H,18,19,20). The normalized spacial score (nSPS) is 12.9. The van der Waals surface area contributed by atoms with E-state index in [-0.39, 0.29) is 19.6 Å². The van der Waals surface area contributed by atoms with E-state index < -0.39 is 22.5 Å². The van der Waals surface area contributed by atoms with Crippen molar-refractivity contribution in [3.63, 3.8) is 0 Å². The summed E-state index contributed by atoms with van der Waals surface area (Å²) in [7, 11) is -4.71. The van der Waals surface area contributed by atoms with Crippen molar-refractivity contribution in [3.05, 3.63) is 0 Å². The van der Waals surface area contributed by atoms with Gasteiger partial charge in [-0.3, -0.25) is 4.55 Å². The summed E-state index contributed by atoms with van der Waals surface area (Å²) in [5.74, 6) is -0.822. The fraction of sp³-hybridized carbons (Fsp3) is 0.938. The van der Waals surface area contributed by atoms with Crippen molar-refractivity contribution in [1.82, 2.24) is 0 Å². The van der Waals surface area contributed by atoms with Crippen LogP contribution in [-0.4, -0.2) is 58.1 Å². The zero-order chi connectivity index (χ0) is 19.0. The van der Waals surface area contributed by atoms with E-state index in [2.05, 4.69) is 11.1 Å². The van der Waals surface area contributed by atoms with Gasteiger partial charge in [0.1, 0.15) is 6.61 Å². The van der Waals surface area contributed by atoms with Gasteiger partial charge >= 0.3 is 16.4 Å². The van der Waals surface area contributed by atoms with Gasteiger partial charge < -0.3 is 14.2 Å². The fourth-order valence-corrected chi connectivity index (χ4v) is 2.44. The van der Waals surface area contributed by atoms with Crippen LogP contribution >= 0.6 is 0 Å². The molecule has 0 aromatic heterocycles. The predicted molar refractivity (Wildman–Crippen MR) is 92.7 cm³/mol. The van der Waals surface area contributed by atoms with Crippen molar-refractivity contribution < 1.29 is 36.2 Å². The summed E-state index contributed by atoms with van der Waals surface area (Å²) < 4.78 is 50.4. The molecule has 0 aromatic rings. The molecule has 0 saturated carbocycles. The highest BCUT2D eigenvalue weighted by Crippen LogP contribution is 2.12. The van der Waals surface area contributed by atoms with Gasteiger partial charge in [-0.1, -0.05) is 46.0 Å². The maximum Gasteiger partial charge on any atom is 0.398 e. The molecule has 8 nitrogen and oxygen atoms in total. The highest BCUT2D eigenvalue weighted by atomic mass is 32.3. The molecule has 0 saturated heterocycles. The Morgan fingerprint density at radius 3 is 2.08 bits per heavy atom. The Morgan fingerprint density at radius 1 is 0.880 bits per heavy atom. The van der Waals surface area contributed by atoms with Gasteiger partial charge in [0.25, 0.3) is 0 Å². The van der Waals surface area contributed by atoms with Crippen LogP contribution in [0.3, 0.4) is 0 Å². The van der Waals surface area contributed by atoms with Crippen LogP contribution in [-0.2, 0) is 33.6 Å². The van der Waals surface area contributed by atoms with E-state index >= 15 is 0 Å². The molecule has 0 bridgehead atoms. The van der Waals surface area contributed by atoms with Crippen molar-refractivity contribution >= 4 is 16.4 Å². The first-order valence-corrected chi connectivity index (χ1v) is 10.2. The van der Waals surface area contributed by atoms with Crippen LogP contribution in [0.15, 0.2) is 0 Å². The molecule has 1 N–H and O–H groups in total. The molecule has 0 heterocycles. The third kappa shape index (κ3) is 16.5. The quantitative estimate of drug-likeness (QED) is 0.231. The van der Waals surface area contributed by atoms with Crippen LogP contribution in [0, 0.1) is 0 Å². The molecule has 1 unspecified atom stereocenters. The first kappa shape index (κ1) is 24.3. The Morgan fingerprint density at radius 2 is 1.48 bits per heavy atom. The van der Waals surface area contributed by atoms with Gasteiger partial charge in [-0.2, -0.15) is 8.42 Å². The van der Waals surface area contributed by atoms with Crippen LogP contribution in [0.1, 0.15) is 58.8 Å². The summed E-state index contributed by atoms with van der Waals surface area (Å²) in [5.41, 5.74) is 0. The van der Waals surface area contributed by atoms with Crippen LogP contribution < -0.4 is 0 Å². The van der Waals surface area contributed by atoms with Gasteiger partial charge in [0.15, 0.2) is 6.10 Å². The summed E-state index contributed by atoms with van der Waals surface area (Å²) in [6.45, 7) is 5.84. The molecule has 0 aliphatic carbocycles. The van der Waals surface area contributed by atoms with Crippen molar-refractivity contribution in [2.45, 2.75) is 64.9 Å².